The second-order valence-corrected chi connectivity index (χ2v) is 38.1. The predicted molar refractivity (Wildman–Crippen MR) is 476 cm³/mol. The summed E-state index contributed by atoms with van der Waals surface area (Å²) in [5.74, 6) is 11.7. The predicted octanol–water partition coefficient (Wildman–Crippen LogP) is 35.3. The number of fused-ring (bicyclic) bond motifs is 7. The van der Waals surface area contributed by atoms with Crippen LogP contribution in [-0.2, 0) is 25.7 Å². The molecule has 0 unspecified atom stereocenters. The molecule has 0 heterocycles. The van der Waals surface area contributed by atoms with Crippen LogP contribution in [0.1, 0.15) is 478 Å². The first-order chi connectivity index (χ1) is 53.2. The molecule has 0 N–H and O–H groups in total. The molecule has 0 atom stereocenters. The summed E-state index contributed by atoms with van der Waals surface area (Å²) >= 11 is 0. The van der Waals surface area contributed by atoms with E-state index in [9.17, 15) is 0 Å². The Labute approximate surface area is 668 Å². The first-order valence-corrected chi connectivity index (χ1v) is 49.6. The van der Waals surface area contributed by atoms with Crippen LogP contribution in [0.5, 0.6) is 0 Å². The molecule has 2 aromatic carbocycles. The highest BCUT2D eigenvalue weighted by atomic mass is 14.5. The molecule has 2 aromatic rings. The van der Waals surface area contributed by atoms with Gasteiger partial charge in [-0.05, 0) is 255 Å². The Bertz CT molecular complexity index is 2220. The molecule has 0 heteroatoms. The molecule has 22 aliphatic carbocycles. The lowest BCUT2D eigenvalue weighted by Crippen LogP contribution is -2.38. The Kier molecular flexibility index (Phi) is 51.7. The van der Waals surface area contributed by atoms with Gasteiger partial charge in [-0.15, -0.1) is 0 Å². The standard InChI is InChI=1S/C10H16.C10H18.C10H12.C9H10.2C7H12.C7H14.C7H12.2C6H12.C6H10.C5H10.C5H8.C5H6.C4H8.C3H6/c1-7-2-9-4-8(1)5-10(3-7)6-9;2*1-2-6-10-8-4-3-7-9(10)5-1;1-2-5-9-7-3-6-8(9)4-1;2*1-2-7-4-3-6(1)5-7;2*1-2-4-6-7-5-3-1;3*1-2-4-6-5-3-1;3*1-2-4-5-3-1;1-2-4-3-1;1-2-3-1/h7-10H,1-6H2;9-10H,1-8H2;1-2,5-6H,3-4,7-8H2;1-2,4-5H,3,6-7H2;2*6-7H,1-5H2;1-7H2;1-2H,3-7H2;2*1-6H2;1-2H,3-6H2;1-5H2;1-2H,3-5H2;1-4H,5H2;1-4H2;1-3H2. The maximum atomic E-state index is 2.30. The van der Waals surface area contributed by atoms with Crippen molar-refractivity contribution in [2.75, 3.05) is 0 Å². The van der Waals surface area contributed by atoms with Crippen molar-refractivity contribution in [1.29, 1.82) is 0 Å². The minimum atomic E-state index is 1.14. The highest BCUT2D eigenvalue weighted by Crippen LogP contribution is 2.53. The van der Waals surface area contributed by atoms with Crippen LogP contribution in [-0.4, -0.2) is 0 Å². The molecule has 22 aliphatic rings. The maximum Gasteiger partial charge on any atom is -0.0163 e. The normalized spacial score (nSPS) is 29.7. The summed E-state index contributed by atoms with van der Waals surface area (Å²) in [7, 11) is 0. The van der Waals surface area contributed by atoms with E-state index < -0.39 is 0 Å². The third-order valence-corrected chi connectivity index (χ3v) is 28.5. The van der Waals surface area contributed by atoms with Gasteiger partial charge in [0.2, 0.25) is 0 Å². The Hall–Kier alpha value is -2.86. The molecule has 606 valence electrons. The van der Waals surface area contributed by atoms with Gasteiger partial charge in [0.15, 0.2) is 0 Å². The number of aryl methyl sites for hydroxylation is 4. The van der Waals surface area contributed by atoms with Gasteiger partial charge in [-0.1, -0.05) is 417 Å². The first-order valence-electron chi connectivity index (χ1n) is 49.6. The number of allylic oxidation sites excluding steroid dienone is 10. The van der Waals surface area contributed by atoms with Crippen molar-refractivity contribution in [1.82, 2.24) is 0 Å². The van der Waals surface area contributed by atoms with Crippen LogP contribution in [0.2, 0.25) is 0 Å². The Morgan fingerprint density at radius 3 is 0.542 bits per heavy atom. The monoisotopic (exact) mass is 1460 g/mol. The molecule has 16 fully saturated rings. The highest BCUT2D eigenvalue weighted by Gasteiger charge is 2.42. The third kappa shape index (κ3) is 44.4. The minimum absolute atomic E-state index is 1.14. The van der Waals surface area contributed by atoms with Gasteiger partial charge < -0.3 is 0 Å². The van der Waals surface area contributed by atoms with E-state index in [0.29, 0.717) is 0 Å². The van der Waals surface area contributed by atoms with Gasteiger partial charge in [0.25, 0.3) is 0 Å². The summed E-state index contributed by atoms with van der Waals surface area (Å²) in [6, 6.07) is 17.5. The summed E-state index contributed by atoms with van der Waals surface area (Å²) in [6.07, 6.45) is 133. The Morgan fingerprint density at radius 1 is 0.159 bits per heavy atom. The molecule has 0 radical (unpaired) electrons. The third-order valence-electron chi connectivity index (χ3n) is 28.5. The van der Waals surface area contributed by atoms with Crippen LogP contribution in [0.15, 0.2) is 109 Å². The van der Waals surface area contributed by atoms with Crippen molar-refractivity contribution in [2.45, 2.75) is 482 Å². The molecule has 0 saturated heterocycles. The van der Waals surface area contributed by atoms with E-state index in [1.54, 1.807) is 151 Å². The average molecular weight is 1460 g/mol. The molecule has 24 rings (SSSR count). The van der Waals surface area contributed by atoms with Crippen LogP contribution < -0.4 is 0 Å². The zero-order valence-corrected chi connectivity index (χ0v) is 71.2. The second kappa shape index (κ2) is 61.6. The molecule has 0 aromatic heterocycles. The molecule has 107 heavy (non-hydrogen) atoms. The Balaban J connectivity index is 0.000000145. The zero-order chi connectivity index (χ0) is 73.8. The topological polar surface area (TPSA) is 0 Å². The van der Waals surface area contributed by atoms with Crippen molar-refractivity contribution in [2.24, 2.45) is 59.2 Å². The molecule has 0 aliphatic heterocycles. The van der Waals surface area contributed by atoms with E-state index in [-0.39, 0.29) is 0 Å². The summed E-state index contributed by atoms with van der Waals surface area (Å²) in [5.41, 5.74) is 6.29. The largest absolute Gasteiger partial charge is 0.0885 e. The smallest absolute Gasteiger partial charge is 0.0163 e. The maximum absolute atomic E-state index is 2.30. The fourth-order valence-electron chi connectivity index (χ4n) is 21.6. The van der Waals surface area contributed by atoms with E-state index in [4.69, 9.17) is 0 Å². The van der Waals surface area contributed by atoms with Gasteiger partial charge in [0.1, 0.15) is 0 Å². The lowest BCUT2D eigenvalue weighted by molar-refractivity contribution is 0.0198. The van der Waals surface area contributed by atoms with Gasteiger partial charge in [-0.2, -0.15) is 0 Å². The molecule has 8 bridgehead atoms. The number of rotatable bonds is 0. The van der Waals surface area contributed by atoms with E-state index in [1.165, 1.54) is 394 Å². The SMILES string of the molecule is C1=CCC=C1.C1=CCCC1.C1=CCCCC1.C1=CCCCCC1.C1C2CC3CC1CC(C2)C3.C1CC1.C1CC2CCC1C2.C1CC2CCC1C2.C1CCC1.C1CCC2CCCCC2C1.C1CCCC1.C1CCCCC1.C1CCCCC1.C1CCCCCC1.c1ccc2c(c1)CCC2.c1ccc2c(c1)CCCC2. The highest BCUT2D eigenvalue weighted by molar-refractivity contribution is 5.31. The van der Waals surface area contributed by atoms with Gasteiger partial charge in [0, 0.05) is 0 Å². The van der Waals surface area contributed by atoms with Crippen molar-refractivity contribution in [3.63, 3.8) is 0 Å². The minimum Gasteiger partial charge on any atom is -0.0885 e. The van der Waals surface area contributed by atoms with E-state index in [2.05, 4.69) is 109 Å². The van der Waals surface area contributed by atoms with Gasteiger partial charge in [-0.3, -0.25) is 0 Å². The van der Waals surface area contributed by atoms with E-state index in [0.717, 1.165) is 18.3 Å². The molecular formula is C107H178. The Morgan fingerprint density at radius 2 is 0.355 bits per heavy atom. The van der Waals surface area contributed by atoms with Crippen molar-refractivity contribution in [3.8, 4) is 0 Å². The lowest BCUT2D eigenvalue weighted by atomic mass is 9.56. The molecule has 0 amide bonds. The van der Waals surface area contributed by atoms with E-state index >= 15 is 0 Å². The van der Waals surface area contributed by atoms with Gasteiger partial charge in [-0.25, -0.2) is 0 Å². The number of hydrogen-bond donors (Lipinski definition) is 0. The van der Waals surface area contributed by atoms with Crippen LogP contribution in [0, 0.1) is 59.2 Å². The van der Waals surface area contributed by atoms with Gasteiger partial charge >= 0.3 is 0 Å². The summed E-state index contributed by atoms with van der Waals surface area (Å²) in [4.78, 5) is 0. The number of hydrogen-bond acceptors (Lipinski definition) is 0. The second-order valence-electron chi connectivity index (χ2n) is 38.1. The fraction of sp³-hybridized carbons (Fsp3) is 0.794. The summed E-state index contributed by atoms with van der Waals surface area (Å²) in [5, 5.41) is 0. The lowest BCUT2D eigenvalue weighted by Gasteiger charge is -2.49. The summed E-state index contributed by atoms with van der Waals surface area (Å²) in [6.45, 7) is 0. The van der Waals surface area contributed by atoms with Crippen molar-refractivity contribution >= 4 is 0 Å². The molecular weight excluding hydrogens is 1290 g/mol. The average Bonchev–Trinajstić information content (AvgIpc) is 1.60. The van der Waals surface area contributed by atoms with Crippen LogP contribution in [0.3, 0.4) is 0 Å². The summed E-state index contributed by atoms with van der Waals surface area (Å²) < 4.78 is 0. The van der Waals surface area contributed by atoms with Crippen molar-refractivity contribution in [3.05, 3.63) is 132 Å². The van der Waals surface area contributed by atoms with E-state index in [1.807, 2.05) is 0 Å². The zero-order valence-electron chi connectivity index (χ0n) is 71.2. The van der Waals surface area contributed by atoms with Gasteiger partial charge in [0.05, 0.1) is 0 Å². The molecule has 16 saturated carbocycles. The van der Waals surface area contributed by atoms with Crippen LogP contribution in [0.25, 0.3) is 0 Å². The number of benzene rings is 2. The molecule has 0 nitrogen and oxygen atoms in total. The molecule has 0 spiro atoms. The fourth-order valence-corrected chi connectivity index (χ4v) is 21.6. The first kappa shape index (κ1) is 89.7. The quantitative estimate of drug-likeness (QED) is 0.182. The van der Waals surface area contributed by atoms with Crippen molar-refractivity contribution < 1.29 is 0 Å². The van der Waals surface area contributed by atoms with Crippen LogP contribution >= 0.6 is 0 Å². The van der Waals surface area contributed by atoms with Crippen LogP contribution in [0.4, 0.5) is 0 Å².